The van der Waals surface area contributed by atoms with E-state index < -0.39 is 0 Å². The predicted octanol–water partition coefficient (Wildman–Crippen LogP) is 3.50. The highest BCUT2D eigenvalue weighted by molar-refractivity contribution is 5.22. The number of halogens is 1. The number of likely N-dealkylation sites (N-methyl/N-ethyl adjacent to an activating group) is 2. The van der Waals surface area contributed by atoms with Crippen LogP contribution in [-0.4, -0.2) is 31.6 Å². The molecule has 0 bridgehead atoms. The molecule has 1 N–H and O–H groups in total. The SMILES string of the molecule is C=C/C=C\C(=C(/C)F)N(CC)CCNC.CC. The minimum atomic E-state index is -0.161. The van der Waals surface area contributed by atoms with Gasteiger partial charge in [0.15, 0.2) is 0 Å². The van der Waals surface area contributed by atoms with Crippen molar-refractivity contribution in [2.75, 3.05) is 26.7 Å². The maximum Gasteiger partial charge on any atom is 0.120 e. The number of hydrogen-bond acceptors (Lipinski definition) is 2. The average molecular weight is 242 g/mol. The van der Waals surface area contributed by atoms with Crippen molar-refractivity contribution in [2.45, 2.75) is 27.7 Å². The van der Waals surface area contributed by atoms with Crippen molar-refractivity contribution in [1.82, 2.24) is 10.2 Å². The van der Waals surface area contributed by atoms with Crippen molar-refractivity contribution in [3.63, 3.8) is 0 Å². The maximum atomic E-state index is 13.3. The molecule has 0 aromatic rings. The zero-order valence-corrected chi connectivity index (χ0v) is 11.9. The van der Waals surface area contributed by atoms with E-state index in [1.807, 2.05) is 32.7 Å². The predicted molar refractivity (Wildman–Crippen MR) is 75.7 cm³/mol. The van der Waals surface area contributed by atoms with E-state index in [9.17, 15) is 4.39 Å². The number of nitrogens with one attached hydrogen (secondary N) is 1. The van der Waals surface area contributed by atoms with E-state index in [0.29, 0.717) is 5.70 Å². The van der Waals surface area contributed by atoms with Gasteiger partial charge < -0.3 is 10.2 Å². The van der Waals surface area contributed by atoms with E-state index in [1.165, 1.54) is 6.92 Å². The monoisotopic (exact) mass is 242 g/mol. The second-order valence-electron chi connectivity index (χ2n) is 3.20. The van der Waals surface area contributed by atoms with Gasteiger partial charge >= 0.3 is 0 Å². The molecule has 0 aliphatic rings. The minimum Gasteiger partial charge on any atom is -0.368 e. The summed E-state index contributed by atoms with van der Waals surface area (Å²) < 4.78 is 13.3. The van der Waals surface area contributed by atoms with Gasteiger partial charge in [0.2, 0.25) is 0 Å². The van der Waals surface area contributed by atoms with E-state index in [1.54, 1.807) is 18.2 Å². The Kier molecular flexibility index (Phi) is 14.0. The molecule has 3 heteroatoms. The van der Waals surface area contributed by atoms with Crippen LogP contribution in [0, 0.1) is 0 Å². The van der Waals surface area contributed by atoms with Crippen LogP contribution >= 0.6 is 0 Å². The Morgan fingerprint density at radius 3 is 2.35 bits per heavy atom. The zero-order valence-electron chi connectivity index (χ0n) is 11.9. The van der Waals surface area contributed by atoms with Gasteiger partial charge in [-0.2, -0.15) is 0 Å². The second kappa shape index (κ2) is 13.0. The number of allylic oxidation sites excluding steroid dienone is 4. The third kappa shape index (κ3) is 8.69. The van der Waals surface area contributed by atoms with Crippen molar-refractivity contribution < 1.29 is 4.39 Å². The molecule has 0 amide bonds. The van der Waals surface area contributed by atoms with E-state index >= 15 is 0 Å². The molecule has 0 aromatic carbocycles. The molecule has 17 heavy (non-hydrogen) atoms. The van der Waals surface area contributed by atoms with Gasteiger partial charge in [0.1, 0.15) is 5.83 Å². The summed E-state index contributed by atoms with van der Waals surface area (Å²) in [6.07, 6.45) is 5.15. The normalized spacial score (nSPS) is 11.6. The fourth-order valence-corrected chi connectivity index (χ4v) is 1.29. The van der Waals surface area contributed by atoms with Crippen LogP contribution in [-0.2, 0) is 0 Å². The third-order valence-electron chi connectivity index (χ3n) is 2.10. The van der Waals surface area contributed by atoms with Crippen LogP contribution in [0.1, 0.15) is 27.7 Å². The number of hydrogen-bond donors (Lipinski definition) is 1. The number of nitrogens with zero attached hydrogens (tertiary/aromatic N) is 1. The lowest BCUT2D eigenvalue weighted by molar-refractivity contribution is 0.358. The van der Waals surface area contributed by atoms with Crippen LogP contribution in [0.2, 0.25) is 0 Å². The molecule has 0 heterocycles. The van der Waals surface area contributed by atoms with Crippen molar-refractivity contribution >= 4 is 0 Å². The van der Waals surface area contributed by atoms with Crippen LogP contribution in [0.3, 0.4) is 0 Å². The molecule has 0 rings (SSSR count). The van der Waals surface area contributed by atoms with Crippen molar-refractivity contribution in [3.05, 3.63) is 36.3 Å². The third-order valence-corrected chi connectivity index (χ3v) is 2.10. The summed E-state index contributed by atoms with van der Waals surface area (Å²) in [5.74, 6) is -0.161. The van der Waals surface area contributed by atoms with Crippen molar-refractivity contribution in [2.24, 2.45) is 0 Å². The Hall–Kier alpha value is -1.09. The lowest BCUT2D eigenvalue weighted by Gasteiger charge is -2.24. The topological polar surface area (TPSA) is 15.3 Å². The molecule has 0 atom stereocenters. The highest BCUT2D eigenvalue weighted by Crippen LogP contribution is 2.12. The van der Waals surface area contributed by atoms with Gasteiger partial charge in [-0.25, -0.2) is 4.39 Å². The molecular formula is C14H27FN2. The van der Waals surface area contributed by atoms with Gasteiger partial charge in [0.25, 0.3) is 0 Å². The highest BCUT2D eigenvalue weighted by atomic mass is 19.1. The molecule has 0 radical (unpaired) electrons. The second-order valence-corrected chi connectivity index (χ2v) is 3.20. The van der Waals surface area contributed by atoms with Crippen LogP contribution in [0.4, 0.5) is 4.39 Å². The Morgan fingerprint density at radius 2 is 2.00 bits per heavy atom. The summed E-state index contributed by atoms with van der Waals surface area (Å²) in [5.41, 5.74) is 0.632. The Balaban J connectivity index is 0. The van der Waals surface area contributed by atoms with Gasteiger partial charge in [-0.3, -0.25) is 0 Å². The van der Waals surface area contributed by atoms with Crippen molar-refractivity contribution in [3.8, 4) is 0 Å². The van der Waals surface area contributed by atoms with Crippen molar-refractivity contribution in [1.29, 1.82) is 0 Å². The fourth-order valence-electron chi connectivity index (χ4n) is 1.29. The highest BCUT2D eigenvalue weighted by Gasteiger charge is 2.07. The average Bonchev–Trinajstić information content (AvgIpc) is 2.35. The molecule has 0 aliphatic carbocycles. The molecular weight excluding hydrogens is 215 g/mol. The molecule has 2 nitrogen and oxygen atoms in total. The van der Waals surface area contributed by atoms with Gasteiger partial charge in [-0.1, -0.05) is 32.6 Å². The van der Waals surface area contributed by atoms with E-state index in [4.69, 9.17) is 0 Å². The first kappa shape index (κ1) is 18.3. The molecule has 0 spiro atoms. The first-order valence-corrected chi connectivity index (χ1v) is 6.22. The van der Waals surface area contributed by atoms with Gasteiger partial charge in [0.05, 0.1) is 5.70 Å². The smallest absolute Gasteiger partial charge is 0.120 e. The Labute approximate surface area is 106 Å². The summed E-state index contributed by atoms with van der Waals surface area (Å²) in [6.45, 7) is 13.5. The Morgan fingerprint density at radius 1 is 1.41 bits per heavy atom. The molecule has 0 aromatic heterocycles. The standard InChI is InChI=1S/C12H21FN2.C2H6/c1-5-7-8-12(11(3)13)15(6-2)10-9-14-4;1-2/h5,7-8,14H,1,6,9-10H2,2-4H3;1-2H3/b8-7-,12-11-;. The lowest BCUT2D eigenvalue weighted by Crippen LogP contribution is -2.30. The molecule has 0 aliphatic heterocycles. The van der Waals surface area contributed by atoms with E-state index in [0.717, 1.165) is 19.6 Å². The largest absolute Gasteiger partial charge is 0.368 e. The van der Waals surface area contributed by atoms with Crippen LogP contribution < -0.4 is 5.32 Å². The quantitative estimate of drug-likeness (QED) is 0.687. The lowest BCUT2D eigenvalue weighted by atomic mass is 10.3. The first-order valence-electron chi connectivity index (χ1n) is 6.22. The Bertz CT molecular complexity index is 241. The first-order chi connectivity index (χ1) is 8.17. The summed E-state index contributed by atoms with van der Waals surface area (Å²) in [5, 5.41) is 3.05. The molecule has 0 fully saturated rings. The van der Waals surface area contributed by atoms with Crippen LogP contribution in [0.5, 0.6) is 0 Å². The molecule has 100 valence electrons. The van der Waals surface area contributed by atoms with Crippen LogP contribution in [0.15, 0.2) is 36.3 Å². The maximum absolute atomic E-state index is 13.3. The minimum absolute atomic E-state index is 0.161. The molecule has 0 saturated heterocycles. The van der Waals surface area contributed by atoms with Gasteiger partial charge in [0, 0.05) is 19.6 Å². The van der Waals surface area contributed by atoms with E-state index in [2.05, 4.69) is 11.9 Å². The van der Waals surface area contributed by atoms with Gasteiger partial charge in [-0.15, -0.1) is 0 Å². The zero-order chi connectivity index (χ0) is 13.7. The summed E-state index contributed by atoms with van der Waals surface area (Å²) >= 11 is 0. The number of rotatable bonds is 7. The molecule has 0 unspecified atom stereocenters. The van der Waals surface area contributed by atoms with E-state index in [-0.39, 0.29) is 5.83 Å². The van der Waals surface area contributed by atoms with Gasteiger partial charge in [-0.05, 0) is 27.0 Å². The fraction of sp³-hybridized carbons (Fsp3) is 0.571. The summed E-state index contributed by atoms with van der Waals surface area (Å²) in [6, 6.07) is 0. The summed E-state index contributed by atoms with van der Waals surface area (Å²) in [4.78, 5) is 1.99. The molecule has 0 saturated carbocycles. The summed E-state index contributed by atoms with van der Waals surface area (Å²) in [7, 11) is 1.89. The van der Waals surface area contributed by atoms with Crippen LogP contribution in [0.25, 0.3) is 0 Å².